The van der Waals surface area contributed by atoms with Gasteiger partial charge in [0.25, 0.3) is 0 Å². The quantitative estimate of drug-likeness (QED) is 0.826. The van der Waals surface area contributed by atoms with Crippen molar-refractivity contribution in [3.05, 3.63) is 36.2 Å². The van der Waals surface area contributed by atoms with Crippen molar-refractivity contribution < 1.29 is 17.9 Å². The van der Waals surface area contributed by atoms with Gasteiger partial charge in [0.05, 0.1) is 20.4 Å². The maximum atomic E-state index is 11.9. The molecule has 0 saturated carbocycles. The predicted octanol–water partition coefficient (Wildman–Crippen LogP) is 0.905. The molecule has 20 heavy (non-hydrogen) atoms. The van der Waals surface area contributed by atoms with E-state index in [1.165, 1.54) is 19.5 Å². The zero-order valence-corrected chi connectivity index (χ0v) is 11.9. The van der Waals surface area contributed by atoms with Gasteiger partial charge in [0.1, 0.15) is 4.90 Å². The van der Waals surface area contributed by atoms with Crippen LogP contribution < -0.4 is 14.2 Å². The Labute approximate surface area is 117 Å². The summed E-state index contributed by atoms with van der Waals surface area (Å²) in [6, 6.07) is 5.20. The molecule has 0 fully saturated rings. The molecule has 2 aromatic rings. The van der Waals surface area contributed by atoms with E-state index in [2.05, 4.69) is 14.9 Å². The monoisotopic (exact) mass is 297 g/mol. The summed E-state index contributed by atoms with van der Waals surface area (Å²) in [5, 5.41) is 6.07. The topological polar surface area (TPSA) is 93.3 Å². The molecule has 0 aliphatic heterocycles. The Hall–Kier alpha value is -2.06. The van der Waals surface area contributed by atoms with E-state index >= 15 is 0 Å². The molecule has 1 aromatic carbocycles. The van der Waals surface area contributed by atoms with Crippen LogP contribution in [0.4, 0.5) is 0 Å². The first kappa shape index (κ1) is 14.4. The zero-order chi connectivity index (χ0) is 14.6. The molecule has 2 rings (SSSR count). The highest BCUT2D eigenvalue weighted by Crippen LogP contribution is 2.27. The second kappa shape index (κ2) is 5.93. The SMILES string of the molecule is COc1ccc(CNS(=O)(=O)c2cn[nH]c2)cc1OC. The number of aromatic nitrogens is 2. The summed E-state index contributed by atoms with van der Waals surface area (Å²) in [6.45, 7) is 0.147. The van der Waals surface area contributed by atoms with Crippen LogP contribution in [-0.2, 0) is 16.6 Å². The Bertz CT molecular complexity index is 668. The molecule has 0 radical (unpaired) electrons. The Balaban J connectivity index is 2.12. The van der Waals surface area contributed by atoms with Gasteiger partial charge in [-0.15, -0.1) is 0 Å². The third kappa shape index (κ3) is 3.09. The van der Waals surface area contributed by atoms with Gasteiger partial charge in [-0.2, -0.15) is 5.10 Å². The maximum absolute atomic E-state index is 11.9. The van der Waals surface area contributed by atoms with Gasteiger partial charge in [0, 0.05) is 12.7 Å². The summed E-state index contributed by atoms with van der Waals surface area (Å²) in [4.78, 5) is 0.0953. The van der Waals surface area contributed by atoms with Gasteiger partial charge in [-0.1, -0.05) is 6.07 Å². The average Bonchev–Trinajstić information content (AvgIpc) is 3.00. The van der Waals surface area contributed by atoms with Crippen molar-refractivity contribution in [2.24, 2.45) is 0 Å². The number of hydrogen-bond acceptors (Lipinski definition) is 5. The zero-order valence-electron chi connectivity index (χ0n) is 11.1. The molecule has 0 unspecified atom stereocenters. The Morgan fingerprint density at radius 1 is 1.25 bits per heavy atom. The fourth-order valence-electron chi connectivity index (χ4n) is 1.64. The highest BCUT2D eigenvalue weighted by Gasteiger charge is 2.15. The number of hydrogen-bond donors (Lipinski definition) is 2. The van der Waals surface area contributed by atoms with Gasteiger partial charge in [-0.05, 0) is 17.7 Å². The number of sulfonamides is 1. The summed E-state index contributed by atoms with van der Waals surface area (Å²) < 4.78 is 36.6. The van der Waals surface area contributed by atoms with Crippen LogP contribution in [0.15, 0.2) is 35.5 Å². The minimum atomic E-state index is -3.57. The van der Waals surface area contributed by atoms with Gasteiger partial charge in [0.15, 0.2) is 11.5 Å². The largest absolute Gasteiger partial charge is 0.493 e. The second-order valence-corrected chi connectivity index (χ2v) is 5.71. The molecule has 7 nitrogen and oxygen atoms in total. The van der Waals surface area contributed by atoms with Crippen molar-refractivity contribution in [1.82, 2.24) is 14.9 Å². The second-order valence-electron chi connectivity index (χ2n) is 3.95. The van der Waals surface area contributed by atoms with Gasteiger partial charge < -0.3 is 9.47 Å². The molecule has 0 amide bonds. The van der Waals surface area contributed by atoms with E-state index in [4.69, 9.17) is 9.47 Å². The first-order valence-corrected chi connectivity index (χ1v) is 7.24. The van der Waals surface area contributed by atoms with Crippen LogP contribution in [0.2, 0.25) is 0 Å². The number of ether oxygens (including phenoxy) is 2. The standard InChI is InChI=1S/C12H15N3O4S/c1-18-11-4-3-9(5-12(11)19-2)6-15-20(16,17)10-7-13-14-8-10/h3-5,7-8,15H,6H2,1-2H3,(H,13,14). The van der Waals surface area contributed by atoms with E-state index in [0.29, 0.717) is 11.5 Å². The van der Waals surface area contributed by atoms with Crippen LogP contribution in [0.1, 0.15) is 5.56 Å². The Morgan fingerprint density at radius 2 is 2.00 bits per heavy atom. The van der Waals surface area contributed by atoms with E-state index in [1.54, 1.807) is 25.3 Å². The molecule has 0 spiro atoms. The van der Waals surface area contributed by atoms with Gasteiger partial charge >= 0.3 is 0 Å². The number of benzene rings is 1. The number of methoxy groups -OCH3 is 2. The fourth-order valence-corrected chi connectivity index (χ4v) is 2.56. The predicted molar refractivity (Wildman–Crippen MR) is 72.2 cm³/mol. The lowest BCUT2D eigenvalue weighted by molar-refractivity contribution is 0.354. The fraction of sp³-hybridized carbons (Fsp3) is 0.250. The number of nitrogens with zero attached hydrogens (tertiary/aromatic N) is 1. The minimum Gasteiger partial charge on any atom is -0.493 e. The molecule has 0 atom stereocenters. The van der Waals surface area contributed by atoms with E-state index in [9.17, 15) is 8.42 Å². The third-order valence-corrected chi connectivity index (χ3v) is 4.07. The van der Waals surface area contributed by atoms with Crippen LogP contribution in [0.5, 0.6) is 11.5 Å². The smallest absolute Gasteiger partial charge is 0.243 e. The van der Waals surface area contributed by atoms with Crippen molar-refractivity contribution in [2.45, 2.75) is 11.4 Å². The number of nitrogens with one attached hydrogen (secondary N) is 2. The first-order chi connectivity index (χ1) is 9.56. The van der Waals surface area contributed by atoms with Crippen LogP contribution in [0.25, 0.3) is 0 Å². The van der Waals surface area contributed by atoms with Crippen molar-refractivity contribution in [1.29, 1.82) is 0 Å². The van der Waals surface area contributed by atoms with E-state index in [0.717, 1.165) is 5.56 Å². The first-order valence-electron chi connectivity index (χ1n) is 5.76. The van der Waals surface area contributed by atoms with Gasteiger partial charge in [0.2, 0.25) is 10.0 Å². The molecule has 1 heterocycles. The molecule has 108 valence electrons. The van der Waals surface area contributed by atoms with Crippen molar-refractivity contribution >= 4 is 10.0 Å². The van der Waals surface area contributed by atoms with Gasteiger partial charge in [-0.3, -0.25) is 5.10 Å². The van der Waals surface area contributed by atoms with Gasteiger partial charge in [-0.25, -0.2) is 13.1 Å². The van der Waals surface area contributed by atoms with Crippen LogP contribution >= 0.6 is 0 Å². The minimum absolute atomic E-state index is 0.0953. The summed E-state index contributed by atoms with van der Waals surface area (Å²) in [5.74, 6) is 1.14. The molecule has 0 aliphatic rings. The third-order valence-electron chi connectivity index (χ3n) is 2.70. The molecular formula is C12H15N3O4S. The molecule has 0 saturated heterocycles. The van der Waals surface area contributed by atoms with E-state index in [1.807, 2.05) is 0 Å². The highest BCUT2D eigenvalue weighted by molar-refractivity contribution is 7.89. The molecule has 0 aliphatic carbocycles. The number of aromatic amines is 1. The Kier molecular flexibility index (Phi) is 4.26. The molecule has 0 bridgehead atoms. The molecule has 2 N–H and O–H groups in total. The summed E-state index contributed by atoms with van der Waals surface area (Å²) >= 11 is 0. The average molecular weight is 297 g/mol. The lowest BCUT2D eigenvalue weighted by Gasteiger charge is -2.10. The summed E-state index contributed by atoms with van der Waals surface area (Å²) in [6.07, 6.45) is 2.56. The Morgan fingerprint density at radius 3 is 2.60 bits per heavy atom. The number of H-pyrrole nitrogens is 1. The van der Waals surface area contributed by atoms with Crippen LogP contribution in [0, 0.1) is 0 Å². The molecule has 1 aromatic heterocycles. The van der Waals surface area contributed by atoms with Crippen molar-refractivity contribution in [3.8, 4) is 11.5 Å². The highest BCUT2D eigenvalue weighted by atomic mass is 32.2. The maximum Gasteiger partial charge on any atom is 0.243 e. The lowest BCUT2D eigenvalue weighted by atomic mass is 10.2. The summed E-state index contributed by atoms with van der Waals surface area (Å²) in [5.41, 5.74) is 0.759. The van der Waals surface area contributed by atoms with Crippen molar-refractivity contribution in [2.75, 3.05) is 14.2 Å². The molecule has 8 heteroatoms. The van der Waals surface area contributed by atoms with E-state index < -0.39 is 10.0 Å². The number of rotatable bonds is 6. The van der Waals surface area contributed by atoms with Crippen LogP contribution in [0.3, 0.4) is 0 Å². The summed E-state index contributed by atoms with van der Waals surface area (Å²) in [7, 11) is -0.500. The molecular weight excluding hydrogens is 282 g/mol. The lowest BCUT2D eigenvalue weighted by Crippen LogP contribution is -2.22. The van der Waals surface area contributed by atoms with Crippen LogP contribution in [-0.4, -0.2) is 32.8 Å². The van der Waals surface area contributed by atoms with Crippen molar-refractivity contribution in [3.63, 3.8) is 0 Å². The normalized spacial score (nSPS) is 11.3. The van der Waals surface area contributed by atoms with E-state index in [-0.39, 0.29) is 11.4 Å².